The number of hydrogen-bond acceptors (Lipinski definition) is 8. The van der Waals surface area contributed by atoms with Crippen molar-refractivity contribution in [3.05, 3.63) is 171 Å². The molecule has 0 saturated carbocycles. The van der Waals surface area contributed by atoms with Crippen molar-refractivity contribution in [3.8, 4) is 44.8 Å². The van der Waals surface area contributed by atoms with Gasteiger partial charge in [-0.1, -0.05) is 146 Å². The second-order valence-corrected chi connectivity index (χ2v) is 16.2. The van der Waals surface area contributed by atoms with Gasteiger partial charge in [0, 0.05) is 84.3 Å². The molecule has 2 amide bonds. The maximum absolute atomic E-state index is 12.5. The molecule has 4 aromatic carbocycles. The standard InChI is InChI=1S/2C27H29N5O/c2*33-27(29-25-16-9-8-15-24(25)22-12-5-4-6-13-22)17-7-2-1-3-10-19-32-21-26(30-31-32)23-14-11-18-28-20-23/h2*4-6,8-9,11-16,18,20-21H,1-3,7,10,17,19H2,(H,29,33). The molecule has 0 bridgehead atoms. The molecule has 0 aliphatic carbocycles. The molecule has 2 N–H and O–H groups in total. The van der Waals surface area contributed by atoms with Gasteiger partial charge in [0.25, 0.3) is 0 Å². The number of nitrogens with one attached hydrogen (secondary N) is 2. The predicted octanol–water partition coefficient (Wildman–Crippen LogP) is 12.0. The number of aryl methyl sites for hydroxylation is 2. The van der Waals surface area contributed by atoms with Crippen molar-refractivity contribution in [2.24, 2.45) is 0 Å². The molecular weight excluding hydrogens is 821 g/mol. The van der Waals surface area contributed by atoms with E-state index in [1.165, 1.54) is 0 Å². The largest absolute Gasteiger partial charge is 0.326 e. The Hall–Kier alpha value is -7.60. The first-order chi connectivity index (χ1) is 32.6. The van der Waals surface area contributed by atoms with Gasteiger partial charge in [0.15, 0.2) is 0 Å². The number of hydrogen-bond donors (Lipinski definition) is 2. The third kappa shape index (κ3) is 14.7. The summed E-state index contributed by atoms with van der Waals surface area (Å²) in [6.45, 7) is 1.70. The molecule has 66 heavy (non-hydrogen) atoms. The molecule has 12 nitrogen and oxygen atoms in total. The molecule has 336 valence electrons. The second kappa shape index (κ2) is 25.6. The van der Waals surface area contributed by atoms with Crippen LogP contribution >= 0.6 is 0 Å². The lowest BCUT2D eigenvalue weighted by Crippen LogP contribution is -2.11. The number of rotatable bonds is 22. The van der Waals surface area contributed by atoms with E-state index >= 15 is 0 Å². The number of pyridine rings is 2. The summed E-state index contributed by atoms with van der Waals surface area (Å²) in [5, 5.41) is 23.0. The van der Waals surface area contributed by atoms with Gasteiger partial charge in [-0.3, -0.25) is 28.9 Å². The van der Waals surface area contributed by atoms with Crippen LogP contribution in [0.3, 0.4) is 0 Å². The molecule has 0 radical (unpaired) electrons. The summed E-state index contributed by atoms with van der Waals surface area (Å²) < 4.78 is 3.78. The highest BCUT2D eigenvalue weighted by Gasteiger charge is 2.11. The van der Waals surface area contributed by atoms with Crippen molar-refractivity contribution in [2.45, 2.75) is 90.1 Å². The topological polar surface area (TPSA) is 145 Å². The molecule has 8 aromatic rings. The number of unbranched alkanes of at least 4 members (excludes halogenated alkanes) is 8. The van der Waals surface area contributed by atoms with Crippen LogP contribution in [-0.2, 0) is 22.7 Å². The summed E-state index contributed by atoms with van der Waals surface area (Å²) in [6, 6.07) is 44.0. The summed E-state index contributed by atoms with van der Waals surface area (Å²) in [7, 11) is 0. The summed E-state index contributed by atoms with van der Waals surface area (Å²) in [5.74, 6) is 0.146. The third-order valence-electron chi connectivity index (χ3n) is 11.1. The average molecular weight is 879 g/mol. The first-order valence-electron chi connectivity index (χ1n) is 23.1. The molecule has 8 rings (SSSR count). The van der Waals surface area contributed by atoms with Crippen LogP contribution in [0, 0.1) is 0 Å². The third-order valence-corrected chi connectivity index (χ3v) is 11.1. The fraction of sp³-hybridized carbons (Fsp3) is 0.259. The highest BCUT2D eigenvalue weighted by atomic mass is 16.2. The first kappa shape index (κ1) is 46.4. The van der Waals surface area contributed by atoms with E-state index in [9.17, 15) is 9.59 Å². The van der Waals surface area contributed by atoms with Gasteiger partial charge in [-0.25, -0.2) is 0 Å². The van der Waals surface area contributed by atoms with Gasteiger partial charge in [0.2, 0.25) is 11.8 Å². The van der Waals surface area contributed by atoms with E-state index in [1.54, 1.807) is 24.8 Å². The van der Waals surface area contributed by atoms with E-state index in [0.717, 1.165) is 133 Å². The van der Waals surface area contributed by atoms with Crippen LogP contribution in [-0.4, -0.2) is 51.8 Å². The van der Waals surface area contributed by atoms with Gasteiger partial charge in [-0.05, 0) is 73.2 Å². The van der Waals surface area contributed by atoms with Gasteiger partial charge >= 0.3 is 0 Å². The Labute approximate surface area is 387 Å². The second-order valence-electron chi connectivity index (χ2n) is 16.2. The highest BCUT2D eigenvalue weighted by Crippen LogP contribution is 2.29. The summed E-state index contributed by atoms with van der Waals surface area (Å²) in [6.07, 6.45) is 22.5. The van der Waals surface area contributed by atoms with Crippen molar-refractivity contribution in [1.82, 2.24) is 40.0 Å². The Morgan fingerprint density at radius 1 is 0.409 bits per heavy atom. The normalized spacial score (nSPS) is 10.8. The molecule has 0 aliphatic heterocycles. The molecule has 4 heterocycles. The Bertz CT molecular complexity index is 2470. The molecule has 0 fully saturated rings. The lowest BCUT2D eigenvalue weighted by molar-refractivity contribution is -0.117. The summed E-state index contributed by atoms with van der Waals surface area (Å²) in [4.78, 5) is 33.2. The highest BCUT2D eigenvalue weighted by molar-refractivity contribution is 5.96. The Morgan fingerprint density at radius 3 is 1.21 bits per heavy atom. The van der Waals surface area contributed by atoms with Crippen molar-refractivity contribution >= 4 is 23.2 Å². The first-order valence-corrected chi connectivity index (χ1v) is 23.1. The fourth-order valence-corrected chi connectivity index (χ4v) is 7.64. The van der Waals surface area contributed by atoms with Crippen LogP contribution in [0.5, 0.6) is 0 Å². The minimum Gasteiger partial charge on any atom is -0.326 e. The minimum absolute atomic E-state index is 0.0731. The van der Waals surface area contributed by atoms with Crippen LogP contribution in [0.15, 0.2) is 171 Å². The number of anilines is 2. The molecular formula is C54H58N10O2. The van der Waals surface area contributed by atoms with Crippen molar-refractivity contribution in [1.29, 1.82) is 0 Å². The van der Waals surface area contributed by atoms with E-state index in [2.05, 4.69) is 65.5 Å². The number of amides is 2. The molecule has 0 unspecified atom stereocenters. The van der Waals surface area contributed by atoms with Crippen molar-refractivity contribution in [2.75, 3.05) is 10.6 Å². The van der Waals surface area contributed by atoms with Crippen LogP contribution in [0.2, 0.25) is 0 Å². The van der Waals surface area contributed by atoms with E-state index in [1.807, 2.05) is 131 Å². The van der Waals surface area contributed by atoms with Gasteiger partial charge in [-0.2, -0.15) is 0 Å². The van der Waals surface area contributed by atoms with Crippen LogP contribution < -0.4 is 10.6 Å². The van der Waals surface area contributed by atoms with Crippen molar-refractivity contribution in [3.63, 3.8) is 0 Å². The van der Waals surface area contributed by atoms with Crippen molar-refractivity contribution < 1.29 is 9.59 Å². The molecule has 4 aromatic heterocycles. The number of carbonyl (C=O) groups excluding carboxylic acids is 2. The molecule has 0 atom stereocenters. The maximum Gasteiger partial charge on any atom is 0.224 e. The van der Waals surface area contributed by atoms with Gasteiger partial charge < -0.3 is 10.6 Å². The molecule has 0 spiro atoms. The summed E-state index contributed by atoms with van der Waals surface area (Å²) >= 11 is 0. The SMILES string of the molecule is O=C(CCCCCCCn1cc(-c2cccnc2)nn1)Nc1ccccc1-c1ccccc1.O=C(CCCCCCCn1cc(-c2cccnc2)nn1)Nc1ccccc1-c1ccccc1. The zero-order valence-corrected chi connectivity index (χ0v) is 37.5. The minimum atomic E-state index is 0.0731. The van der Waals surface area contributed by atoms with Crippen LogP contribution in [0.4, 0.5) is 11.4 Å². The Morgan fingerprint density at radius 2 is 0.788 bits per heavy atom. The van der Waals surface area contributed by atoms with Gasteiger partial charge in [-0.15, -0.1) is 10.2 Å². The van der Waals surface area contributed by atoms with E-state index in [0.29, 0.717) is 12.8 Å². The number of aromatic nitrogens is 8. The molecule has 0 saturated heterocycles. The fourth-order valence-electron chi connectivity index (χ4n) is 7.64. The Kier molecular flexibility index (Phi) is 18.0. The number of para-hydroxylation sites is 2. The quantitative estimate of drug-likeness (QED) is 0.0640. The number of carbonyl (C=O) groups is 2. The Balaban J connectivity index is 0.000000196. The van der Waals surface area contributed by atoms with E-state index < -0.39 is 0 Å². The van der Waals surface area contributed by atoms with Crippen LogP contribution in [0.25, 0.3) is 44.8 Å². The maximum atomic E-state index is 12.5. The van der Waals surface area contributed by atoms with Gasteiger partial charge in [0.1, 0.15) is 11.4 Å². The van der Waals surface area contributed by atoms with Gasteiger partial charge in [0.05, 0.1) is 12.4 Å². The predicted molar refractivity (Wildman–Crippen MR) is 263 cm³/mol. The zero-order chi connectivity index (χ0) is 45.4. The lowest BCUT2D eigenvalue weighted by Gasteiger charge is -2.11. The van der Waals surface area contributed by atoms with E-state index in [-0.39, 0.29) is 11.8 Å². The smallest absolute Gasteiger partial charge is 0.224 e. The molecule has 12 heteroatoms. The summed E-state index contributed by atoms with van der Waals surface area (Å²) in [5.41, 5.74) is 9.70. The lowest BCUT2D eigenvalue weighted by atomic mass is 10.0. The van der Waals surface area contributed by atoms with Crippen LogP contribution in [0.1, 0.15) is 77.0 Å². The number of benzene rings is 4. The number of nitrogens with zero attached hydrogens (tertiary/aromatic N) is 8. The molecule has 0 aliphatic rings. The van der Waals surface area contributed by atoms with E-state index in [4.69, 9.17) is 0 Å². The average Bonchev–Trinajstić information content (AvgIpc) is 4.06. The zero-order valence-electron chi connectivity index (χ0n) is 37.5. The monoisotopic (exact) mass is 878 g/mol.